The minimum Gasteiger partial charge on any atom is -0.356 e. The number of aromatic nitrogens is 2. The number of benzene rings is 1. The van der Waals surface area contributed by atoms with E-state index in [9.17, 15) is 4.39 Å². The van der Waals surface area contributed by atoms with E-state index >= 15 is 0 Å². The average Bonchev–Trinajstić information content (AvgIpc) is 2.91. The first-order valence-electron chi connectivity index (χ1n) is 6.95. The number of guanidine groups is 1. The number of rotatable bonds is 5. The predicted octanol–water partition coefficient (Wildman–Crippen LogP) is 2.85. The predicted molar refractivity (Wildman–Crippen MR) is 105 cm³/mol. The van der Waals surface area contributed by atoms with Gasteiger partial charge in [0.15, 0.2) is 5.96 Å². The van der Waals surface area contributed by atoms with Gasteiger partial charge in [0, 0.05) is 26.8 Å². The third kappa shape index (κ3) is 6.09. The quantitative estimate of drug-likeness (QED) is 0.381. The van der Waals surface area contributed by atoms with Crippen LogP contribution in [-0.4, -0.2) is 29.3 Å². The highest BCUT2D eigenvalue weighted by atomic mass is 127. The fraction of sp³-hybridized carbons (Fsp3) is 0.333. The molecule has 0 saturated carbocycles. The van der Waals surface area contributed by atoms with Gasteiger partial charge in [-0.05, 0) is 46.1 Å². The Morgan fingerprint density at radius 2 is 2.13 bits per heavy atom. The van der Waals surface area contributed by atoms with Crippen LogP contribution in [0, 0.1) is 5.82 Å². The summed E-state index contributed by atoms with van der Waals surface area (Å²) < 4.78 is 15.5. The van der Waals surface area contributed by atoms with E-state index in [-0.39, 0.29) is 29.8 Å². The van der Waals surface area contributed by atoms with Gasteiger partial charge in [0.25, 0.3) is 0 Å². The van der Waals surface area contributed by atoms with Gasteiger partial charge in [-0.25, -0.2) is 4.39 Å². The van der Waals surface area contributed by atoms with Crippen molar-refractivity contribution in [2.75, 3.05) is 13.6 Å². The molecule has 8 heteroatoms. The first kappa shape index (κ1) is 19.9. The van der Waals surface area contributed by atoms with Crippen molar-refractivity contribution in [3.8, 4) is 0 Å². The van der Waals surface area contributed by atoms with E-state index in [1.807, 2.05) is 17.8 Å². The van der Waals surface area contributed by atoms with Crippen molar-refractivity contribution in [2.45, 2.75) is 13.0 Å². The van der Waals surface area contributed by atoms with Crippen molar-refractivity contribution in [2.24, 2.45) is 12.0 Å². The normalized spacial score (nSPS) is 11.0. The second kappa shape index (κ2) is 9.86. The molecule has 1 aromatic heterocycles. The Labute approximate surface area is 160 Å². The molecule has 0 bridgehead atoms. The molecule has 0 radical (unpaired) electrons. The fourth-order valence-electron chi connectivity index (χ4n) is 1.99. The van der Waals surface area contributed by atoms with E-state index in [2.05, 4.69) is 36.7 Å². The lowest BCUT2D eigenvalue weighted by atomic mass is 10.1. The number of hydrogen-bond donors (Lipinski definition) is 2. The van der Waals surface area contributed by atoms with Gasteiger partial charge in [-0.2, -0.15) is 5.10 Å². The first-order chi connectivity index (χ1) is 10.6. The Hall–Kier alpha value is -1.16. The van der Waals surface area contributed by atoms with Crippen molar-refractivity contribution in [3.05, 3.63) is 52.0 Å². The zero-order valence-electron chi connectivity index (χ0n) is 13.0. The molecule has 5 nitrogen and oxygen atoms in total. The van der Waals surface area contributed by atoms with E-state index in [1.54, 1.807) is 25.4 Å². The highest BCUT2D eigenvalue weighted by Crippen LogP contribution is 2.16. The van der Waals surface area contributed by atoms with Gasteiger partial charge < -0.3 is 10.6 Å². The SMILES string of the molecule is CN=C(NCCc1ccc(F)c(Br)c1)NCc1ccnn1C.I. The number of aliphatic imine (C=N–C) groups is 1. The Morgan fingerprint density at radius 3 is 2.74 bits per heavy atom. The number of halogens is 3. The zero-order valence-corrected chi connectivity index (χ0v) is 16.9. The molecule has 2 N–H and O–H groups in total. The number of hydrogen-bond acceptors (Lipinski definition) is 2. The molecule has 1 aromatic carbocycles. The van der Waals surface area contributed by atoms with Crippen LogP contribution in [0.2, 0.25) is 0 Å². The smallest absolute Gasteiger partial charge is 0.191 e. The highest BCUT2D eigenvalue weighted by molar-refractivity contribution is 14.0. The molecule has 0 spiro atoms. The average molecular weight is 496 g/mol. The minimum absolute atomic E-state index is 0. The van der Waals surface area contributed by atoms with Crippen LogP contribution in [0.25, 0.3) is 0 Å². The molecule has 0 saturated heterocycles. The highest BCUT2D eigenvalue weighted by Gasteiger charge is 2.03. The maximum atomic E-state index is 13.2. The third-order valence-electron chi connectivity index (χ3n) is 3.27. The summed E-state index contributed by atoms with van der Waals surface area (Å²) in [7, 11) is 3.63. The number of aryl methyl sites for hydroxylation is 1. The molecule has 2 aromatic rings. The lowest BCUT2D eigenvalue weighted by molar-refractivity contribution is 0.620. The Balaban J connectivity index is 0.00000264. The van der Waals surface area contributed by atoms with Crippen molar-refractivity contribution < 1.29 is 4.39 Å². The van der Waals surface area contributed by atoms with Crippen LogP contribution < -0.4 is 10.6 Å². The first-order valence-corrected chi connectivity index (χ1v) is 7.75. The summed E-state index contributed by atoms with van der Waals surface area (Å²) in [6.07, 6.45) is 2.55. The monoisotopic (exact) mass is 495 g/mol. The van der Waals surface area contributed by atoms with E-state index in [4.69, 9.17) is 0 Å². The van der Waals surface area contributed by atoms with E-state index < -0.39 is 0 Å². The van der Waals surface area contributed by atoms with Gasteiger partial charge in [-0.1, -0.05) is 6.07 Å². The van der Waals surface area contributed by atoms with E-state index in [0.717, 1.165) is 23.6 Å². The molecule has 1 heterocycles. The van der Waals surface area contributed by atoms with Crippen LogP contribution in [0.3, 0.4) is 0 Å². The standard InChI is InChI=1S/C15H19BrFN5.HI/c1-18-15(20-10-12-6-8-21-22(12)2)19-7-5-11-3-4-14(17)13(16)9-11;/h3-4,6,8-9H,5,7,10H2,1-2H3,(H2,18,19,20);1H. The molecule has 2 rings (SSSR count). The zero-order chi connectivity index (χ0) is 15.9. The summed E-state index contributed by atoms with van der Waals surface area (Å²) in [5.41, 5.74) is 2.13. The third-order valence-corrected chi connectivity index (χ3v) is 3.88. The lowest BCUT2D eigenvalue weighted by Gasteiger charge is -2.12. The minimum atomic E-state index is -0.245. The van der Waals surface area contributed by atoms with Crippen LogP contribution in [-0.2, 0) is 20.0 Å². The molecule has 0 aliphatic carbocycles. The molecule has 23 heavy (non-hydrogen) atoms. The van der Waals surface area contributed by atoms with Crippen LogP contribution in [0.15, 0.2) is 39.9 Å². The molecule has 126 valence electrons. The molecular weight excluding hydrogens is 476 g/mol. The molecule has 0 amide bonds. The summed E-state index contributed by atoms with van der Waals surface area (Å²) in [5, 5.41) is 10.6. The summed E-state index contributed by atoms with van der Waals surface area (Å²) in [6.45, 7) is 1.36. The topological polar surface area (TPSA) is 54.2 Å². The number of nitrogens with one attached hydrogen (secondary N) is 2. The maximum Gasteiger partial charge on any atom is 0.191 e. The summed E-state index contributed by atoms with van der Waals surface area (Å²) in [6, 6.07) is 7.00. The second-order valence-electron chi connectivity index (χ2n) is 4.80. The summed E-state index contributed by atoms with van der Waals surface area (Å²) in [5.74, 6) is 0.479. The number of nitrogens with zero attached hydrogens (tertiary/aromatic N) is 3. The van der Waals surface area contributed by atoms with Gasteiger partial charge in [0.05, 0.1) is 16.7 Å². The van der Waals surface area contributed by atoms with E-state index in [1.165, 1.54) is 6.07 Å². The molecule has 0 unspecified atom stereocenters. The van der Waals surface area contributed by atoms with Crippen LogP contribution in [0.4, 0.5) is 4.39 Å². The fourth-order valence-corrected chi connectivity index (χ4v) is 2.42. The van der Waals surface area contributed by atoms with Crippen molar-refractivity contribution in [3.63, 3.8) is 0 Å². The van der Waals surface area contributed by atoms with E-state index in [0.29, 0.717) is 17.6 Å². The van der Waals surface area contributed by atoms with Crippen LogP contribution in [0.5, 0.6) is 0 Å². The molecule has 0 fully saturated rings. The van der Waals surface area contributed by atoms with Gasteiger partial charge in [-0.3, -0.25) is 9.67 Å². The Bertz CT molecular complexity index is 659. The summed E-state index contributed by atoms with van der Waals surface area (Å²) >= 11 is 3.19. The summed E-state index contributed by atoms with van der Waals surface area (Å²) in [4.78, 5) is 4.18. The van der Waals surface area contributed by atoms with Crippen molar-refractivity contribution in [1.82, 2.24) is 20.4 Å². The van der Waals surface area contributed by atoms with Crippen LogP contribution in [0.1, 0.15) is 11.3 Å². The largest absolute Gasteiger partial charge is 0.356 e. The molecule has 0 aliphatic rings. The van der Waals surface area contributed by atoms with Gasteiger partial charge >= 0.3 is 0 Å². The Morgan fingerprint density at radius 1 is 1.35 bits per heavy atom. The van der Waals surface area contributed by atoms with Crippen LogP contribution >= 0.6 is 39.9 Å². The maximum absolute atomic E-state index is 13.2. The molecular formula is C15H20BrFIN5. The Kier molecular flexibility index (Phi) is 8.53. The van der Waals surface area contributed by atoms with Crippen molar-refractivity contribution in [1.29, 1.82) is 0 Å². The second-order valence-corrected chi connectivity index (χ2v) is 5.65. The van der Waals surface area contributed by atoms with Gasteiger partial charge in [0.1, 0.15) is 5.82 Å². The lowest BCUT2D eigenvalue weighted by Crippen LogP contribution is -2.38. The molecule has 0 atom stereocenters. The molecule has 0 aliphatic heterocycles. The van der Waals surface area contributed by atoms with Crippen molar-refractivity contribution >= 4 is 45.9 Å². The van der Waals surface area contributed by atoms with Gasteiger partial charge in [-0.15, -0.1) is 24.0 Å². The van der Waals surface area contributed by atoms with Gasteiger partial charge in [0.2, 0.25) is 0 Å².